The van der Waals surface area contributed by atoms with Gasteiger partial charge in [-0.2, -0.15) is 10.2 Å². The maximum Gasteiger partial charge on any atom is 0.309 e. The Bertz CT molecular complexity index is 1220. The molecule has 0 saturated carbocycles. The Morgan fingerprint density at radius 1 is 1.17 bits per heavy atom. The van der Waals surface area contributed by atoms with Gasteiger partial charge in [-0.1, -0.05) is 42.5 Å². The number of benzene rings is 2. The molecule has 0 aliphatic heterocycles. The largest absolute Gasteiger partial charge is 0.309 e. The molecule has 0 atom stereocenters. The molecule has 152 valence electrons. The molecule has 9 heteroatoms. The minimum Gasteiger partial charge on any atom is -0.309 e. The van der Waals surface area contributed by atoms with E-state index in [9.17, 15) is 14.9 Å². The topological polar surface area (TPSA) is 108 Å². The smallest absolute Gasteiger partial charge is 0.309 e. The molecule has 2 aromatic carbocycles. The Morgan fingerprint density at radius 2 is 1.97 bits per heavy atom. The van der Waals surface area contributed by atoms with Gasteiger partial charge in [0.25, 0.3) is 0 Å². The monoisotopic (exact) mass is 404 g/mol. The van der Waals surface area contributed by atoms with Crippen molar-refractivity contribution >= 4 is 28.2 Å². The Kier molecular flexibility index (Phi) is 5.25. The zero-order valence-corrected chi connectivity index (χ0v) is 16.4. The Labute approximate surface area is 172 Å². The molecule has 0 aliphatic rings. The molecule has 0 spiro atoms. The fraction of sp³-hybridized carbons (Fsp3) is 0.190. The normalized spacial score (nSPS) is 11.0. The number of hydrogen-bond donors (Lipinski definition) is 1. The van der Waals surface area contributed by atoms with Crippen LogP contribution in [-0.4, -0.2) is 30.4 Å². The number of hydrogen-bond acceptors (Lipinski definition) is 5. The van der Waals surface area contributed by atoms with Crippen molar-refractivity contribution in [3.8, 4) is 0 Å². The number of carbonyl (C=O) groups is 1. The SMILES string of the molecule is Cc1c([N+](=O)[O-])cnn1CCC(=O)Nc1ccn(Cc2cccc3ccccc23)n1. The second-order valence-corrected chi connectivity index (χ2v) is 6.93. The third-order valence-electron chi connectivity index (χ3n) is 4.95. The van der Waals surface area contributed by atoms with Gasteiger partial charge in [-0.3, -0.25) is 24.3 Å². The van der Waals surface area contributed by atoms with Crippen LogP contribution in [0.4, 0.5) is 11.5 Å². The van der Waals surface area contributed by atoms with Gasteiger partial charge in [0.2, 0.25) is 5.91 Å². The highest BCUT2D eigenvalue weighted by Crippen LogP contribution is 2.20. The lowest BCUT2D eigenvalue weighted by molar-refractivity contribution is -0.385. The molecule has 0 unspecified atom stereocenters. The van der Waals surface area contributed by atoms with Crippen LogP contribution in [0.3, 0.4) is 0 Å². The van der Waals surface area contributed by atoms with E-state index < -0.39 is 4.92 Å². The minimum atomic E-state index is -0.485. The van der Waals surface area contributed by atoms with Crippen LogP contribution in [0.2, 0.25) is 0 Å². The van der Waals surface area contributed by atoms with Crippen molar-refractivity contribution in [1.29, 1.82) is 0 Å². The van der Waals surface area contributed by atoms with Crippen molar-refractivity contribution in [2.75, 3.05) is 5.32 Å². The van der Waals surface area contributed by atoms with E-state index >= 15 is 0 Å². The van der Waals surface area contributed by atoms with Gasteiger partial charge in [0.05, 0.1) is 18.0 Å². The van der Waals surface area contributed by atoms with Crippen molar-refractivity contribution in [3.05, 3.63) is 82.3 Å². The van der Waals surface area contributed by atoms with E-state index in [-0.39, 0.29) is 24.6 Å². The summed E-state index contributed by atoms with van der Waals surface area (Å²) >= 11 is 0. The van der Waals surface area contributed by atoms with Gasteiger partial charge in [-0.25, -0.2) is 0 Å². The van der Waals surface area contributed by atoms with Crippen LogP contribution in [0.5, 0.6) is 0 Å². The Hall–Kier alpha value is -4.01. The third kappa shape index (κ3) is 4.04. The molecule has 1 amide bonds. The van der Waals surface area contributed by atoms with Crippen molar-refractivity contribution in [2.24, 2.45) is 0 Å². The number of amides is 1. The average Bonchev–Trinajstić information content (AvgIpc) is 3.33. The van der Waals surface area contributed by atoms with Crippen molar-refractivity contribution < 1.29 is 9.72 Å². The zero-order chi connectivity index (χ0) is 21.1. The number of nitrogens with one attached hydrogen (secondary N) is 1. The summed E-state index contributed by atoms with van der Waals surface area (Å²) in [5.74, 6) is 0.228. The molecule has 4 rings (SSSR count). The molecular weight excluding hydrogens is 384 g/mol. The summed E-state index contributed by atoms with van der Waals surface area (Å²) in [7, 11) is 0. The number of aryl methyl sites for hydroxylation is 1. The first-order chi connectivity index (χ1) is 14.5. The number of aromatic nitrogens is 4. The summed E-state index contributed by atoms with van der Waals surface area (Å²) in [6.45, 7) is 2.45. The van der Waals surface area contributed by atoms with Crippen molar-refractivity contribution in [2.45, 2.75) is 26.4 Å². The molecule has 1 N–H and O–H groups in total. The lowest BCUT2D eigenvalue weighted by Gasteiger charge is -2.07. The van der Waals surface area contributed by atoms with Gasteiger partial charge in [-0.15, -0.1) is 0 Å². The van der Waals surface area contributed by atoms with Crippen LogP contribution in [-0.2, 0) is 17.9 Å². The number of rotatable bonds is 7. The first-order valence-electron chi connectivity index (χ1n) is 9.48. The molecule has 2 heterocycles. The minimum absolute atomic E-state index is 0.0532. The van der Waals surface area contributed by atoms with Crippen molar-refractivity contribution in [3.63, 3.8) is 0 Å². The van der Waals surface area contributed by atoms with Gasteiger partial charge in [0, 0.05) is 18.7 Å². The number of nitrogens with zero attached hydrogens (tertiary/aromatic N) is 5. The van der Waals surface area contributed by atoms with Crippen LogP contribution < -0.4 is 5.32 Å². The quantitative estimate of drug-likeness (QED) is 0.374. The molecule has 9 nitrogen and oxygen atoms in total. The number of fused-ring (bicyclic) bond motifs is 1. The van der Waals surface area contributed by atoms with Crippen LogP contribution in [0.1, 0.15) is 17.7 Å². The Balaban J connectivity index is 1.37. The second kappa shape index (κ2) is 8.16. The third-order valence-corrected chi connectivity index (χ3v) is 4.95. The zero-order valence-electron chi connectivity index (χ0n) is 16.4. The fourth-order valence-electron chi connectivity index (χ4n) is 3.38. The molecule has 2 aromatic heterocycles. The van der Waals surface area contributed by atoms with Crippen molar-refractivity contribution in [1.82, 2.24) is 19.6 Å². The lowest BCUT2D eigenvalue weighted by Crippen LogP contribution is -2.16. The molecule has 0 aliphatic carbocycles. The van der Waals surface area contributed by atoms with Crippen LogP contribution in [0.15, 0.2) is 60.9 Å². The molecular formula is C21H20N6O3. The maximum absolute atomic E-state index is 12.2. The molecule has 0 saturated heterocycles. The molecule has 4 aromatic rings. The maximum atomic E-state index is 12.2. The fourth-order valence-corrected chi connectivity index (χ4v) is 3.38. The number of carbonyl (C=O) groups excluding carboxylic acids is 1. The summed E-state index contributed by atoms with van der Waals surface area (Å²) < 4.78 is 3.23. The first-order valence-corrected chi connectivity index (χ1v) is 9.48. The van der Waals surface area contributed by atoms with E-state index in [4.69, 9.17) is 0 Å². The summed E-state index contributed by atoms with van der Waals surface area (Å²) in [5, 5.41) is 24.4. The summed E-state index contributed by atoms with van der Waals surface area (Å²) in [4.78, 5) is 22.6. The highest BCUT2D eigenvalue weighted by Gasteiger charge is 2.17. The van der Waals surface area contributed by atoms with E-state index in [1.165, 1.54) is 21.7 Å². The summed E-state index contributed by atoms with van der Waals surface area (Å²) in [6, 6.07) is 16.1. The van der Waals surface area contributed by atoms with E-state index in [0.29, 0.717) is 18.1 Å². The molecule has 0 bridgehead atoms. The highest BCUT2D eigenvalue weighted by molar-refractivity contribution is 5.89. The average molecular weight is 404 g/mol. The van der Waals surface area contributed by atoms with E-state index in [0.717, 1.165) is 5.56 Å². The summed E-state index contributed by atoms with van der Waals surface area (Å²) in [5.41, 5.74) is 1.51. The predicted octanol–water partition coefficient (Wildman–Crippen LogP) is 3.53. The van der Waals surface area contributed by atoms with E-state index in [1.807, 2.05) is 24.4 Å². The van der Waals surface area contributed by atoms with Crippen LogP contribution >= 0.6 is 0 Å². The van der Waals surface area contributed by atoms with Crippen LogP contribution in [0, 0.1) is 17.0 Å². The summed E-state index contributed by atoms with van der Waals surface area (Å²) in [6.07, 6.45) is 3.15. The number of nitro groups is 1. The van der Waals surface area contributed by atoms with Gasteiger partial charge < -0.3 is 5.32 Å². The van der Waals surface area contributed by atoms with E-state index in [2.05, 4.69) is 39.8 Å². The second-order valence-electron chi connectivity index (χ2n) is 6.93. The van der Waals surface area contributed by atoms with Gasteiger partial charge in [0.15, 0.2) is 5.82 Å². The van der Waals surface area contributed by atoms with Gasteiger partial charge >= 0.3 is 5.69 Å². The molecule has 30 heavy (non-hydrogen) atoms. The van der Waals surface area contributed by atoms with Crippen LogP contribution in [0.25, 0.3) is 10.8 Å². The lowest BCUT2D eigenvalue weighted by atomic mass is 10.0. The van der Waals surface area contributed by atoms with E-state index in [1.54, 1.807) is 17.7 Å². The van der Waals surface area contributed by atoms with Gasteiger partial charge in [-0.05, 0) is 23.3 Å². The Morgan fingerprint density at radius 3 is 2.77 bits per heavy atom. The standard InChI is InChI=1S/C21H20N6O3/c1-15-19(27(29)30)13-22-26(15)12-10-21(28)23-20-9-11-25(24-20)14-17-7-4-6-16-5-2-3-8-18(16)17/h2-9,11,13H,10,12,14H2,1H3,(H,23,24,28). The predicted molar refractivity (Wildman–Crippen MR) is 112 cm³/mol. The molecule has 0 radical (unpaired) electrons. The molecule has 0 fully saturated rings. The highest BCUT2D eigenvalue weighted by atomic mass is 16.6. The first kappa shape index (κ1) is 19.3. The van der Waals surface area contributed by atoms with Gasteiger partial charge in [0.1, 0.15) is 11.9 Å². The number of anilines is 1.